The second kappa shape index (κ2) is 7.52. The minimum absolute atomic E-state index is 0.164. The summed E-state index contributed by atoms with van der Waals surface area (Å²) in [6, 6.07) is 4.82. The summed E-state index contributed by atoms with van der Waals surface area (Å²) in [5.41, 5.74) is 6.18. The largest absolute Gasteiger partial charge is 0.326 e. The maximum Gasteiger partial charge on any atom is 0.0702 e. The van der Waals surface area contributed by atoms with Gasteiger partial charge >= 0.3 is 0 Å². The molecule has 17 heavy (non-hydrogen) atoms. The van der Waals surface area contributed by atoms with Crippen molar-refractivity contribution in [1.82, 2.24) is 4.90 Å². The molecule has 0 saturated carbocycles. The Morgan fingerprint density at radius 3 is 2.53 bits per heavy atom. The topological polar surface area (TPSA) is 29.3 Å². The van der Waals surface area contributed by atoms with Crippen molar-refractivity contribution >= 4 is 27.3 Å². The van der Waals surface area contributed by atoms with Gasteiger partial charge in [0.2, 0.25) is 0 Å². The first-order valence-corrected chi connectivity index (χ1v) is 7.95. The molecular formula is C13H23BrN2S. The van der Waals surface area contributed by atoms with Gasteiger partial charge < -0.3 is 5.73 Å². The van der Waals surface area contributed by atoms with Crippen LogP contribution < -0.4 is 5.73 Å². The molecule has 0 bridgehead atoms. The van der Waals surface area contributed by atoms with Crippen molar-refractivity contribution in [3.8, 4) is 0 Å². The van der Waals surface area contributed by atoms with Crippen LogP contribution in [0.1, 0.15) is 44.5 Å². The second-order valence-electron chi connectivity index (χ2n) is 4.43. The molecule has 0 aliphatic rings. The highest BCUT2D eigenvalue weighted by atomic mass is 79.9. The molecule has 0 saturated heterocycles. The monoisotopic (exact) mass is 318 g/mol. The molecule has 0 aliphatic carbocycles. The number of thiophene rings is 1. The van der Waals surface area contributed by atoms with Crippen molar-refractivity contribution in [2.75, 3.05) is 13.1 Å². The van der Waals surface area contributed by atoms with E-state index in [1.54, 1.807) is 11.3 Å². The molecule has 0 fully saturated rings. The molecule has 2 atom stereocenters. The lowest BCUT2D eigenvalue weighted by Crippen LogP contribution is -2.39. The quantitative estimate of drug-likeness (QED) is 0.822. The Hall–Kier alpha value is 0.1000. The Balaban J connectivity index is 2.83. The highest BCUT2D eigenvalue weighted by molar-refractivity contribution is 9.11. The van der Waals surface area contributed by atoms with Crippen molar-refractivity contribution < 1.29 is 0 Å². The van der Waals surface area contributed by atoms with Gasteiger partial charge in [-0.15, -0.1) is 11.3 Å². The van der Waals surface area contributed by atoms with E-state index in [-0.39, 0.29) is 6.04 Å². The summed E-state index contributed by atoms with van der Waals surface area (Å²) in [6.07, 6.45) is 2.47. The van der Waals surface area contributed by atoms with Gasteiger partial charge in [-0.2, -0.15) is 0 Å². The van der Waals surface area contributed by atoms with E-state index >= 15 is 0 Å². The number of nitrogens with zero attached hydrogens (tertiary/aromatic N) is 1. The van der Waals surface area contributed by atoms with Crippen molar-refractivity contribution in [2.45, 2.75) is 45.7 Å². The van der Waals surface area contributed by atoms with Gasteiger partial charge in [0, 0.05) is 10.9 Å². The summed E-state index contributed by atoms with van der Waals surface area (Å²) in [5, 5.41) is 0. The van der Waals surface area contributed by atoms with E-state index < -0.39 is 0 Å². The van der Waals surface area contributed by atoms with E-state index in [1.165, 1.54) is 21.5 Å². The van der Waals surface area contributed by atoms with E-state index in [9.17, 15) is 0 Å². The number of halogens is 1. The molecular weight excluding hydrogens is 296 g/mol. The van der Waals surface area contributed by atoms with Crippen molar-refractivity contribution in [2.24, 2.45) is 5.73 Å². The maximum atomic E-state index is 6.18. The molecule has 0 amide bonds. The number of likely N-dealkylation sites (N-methyl/N-ethyl adjacent to an activating group) is 1. The lowest BCUT2D eigenvalue weighted by atomic mass is 10.1. The van der Waals surface area contributed by atoms with E-state index in [0.29, 0.717) is 6.04 Å². The van der Waals surface area contributed by atoms with Gasteiger partial charge in [-0.1, -0.05) is 20.3 Å². The highest BCUT2D eigenvalue weighted by Gasteiger charge is 2.23. The summed E-state index contributed by atoms with van der Waals surface area (Å²) in [4.78, 5) is 3.86. The SMILES string of the molecule is CCCCN(CC)C(c1ccc(Br)s1)C(C)N. The average Bonchev–Trinajstić information content (AvgIpc) is 2.69. The number of unbranched alkanes of at least 4 members (excludes halogenated alkanes) is 1. The smallest absolute Gasteiger partial charge is 0.0702 e. The van der Waals surface area contributed by atoms with Gasteiger partial charge in [-0.05, 0) is 54.5 Å². The third kappa shape index (κ3) is 4.36. The molecule has 4 heteroatoms. The Labute approximate surface area is 117 Å². The van der Waals surface area contributed by atoms with Gasteiger partial charge in [0.1, 0.15) is 0 Å². The van der Waals surface area contributed by atoms with Crippen LogP contribution in [0.2, 0.25) is 0 Å². The van der Waals surface area contributed by atoms with Gasteiger partial charge in [-0.3, -0.25) is 4.90 Å². The molecule has 2 nitrogen and oxygen atoms in total. The average molecular weight is 319 g/mol. The van der Waals surface area contributed by atoms with E-state index in [0.717, 1.165) is 13.1 Å². The van der Waals surface area contributed by atoms with Crippen LogP contribution in [0.25, 0.3) is 0 Å². The first-order valence-electron chi connectivity index (χ1n) is 6.35. The molecule has 1 aromatic heterocycles. The van der Waals surface area contributed by atoms with Crippen molar-refractivity contribution in [3.05, 3.63) is 20.8 Å². The molecule has 2 N–H and O–H groups in total. The molecule has 1 rings (SSSR count). The van der Waals surface area contributed by atoms with E-state index in [4.69, 9.17) is 5.73 Å². The summed E-state index contributed by atoms with van der Waals surface area (Å²) in [7, 11) is 0. The zero-order valence-electron chi connectivity index (χ0n) is 10.9. The van der Waals surface area contributed by atoms with Crippen LogP contribution in [0.3, 0.4) is 0 Å². The minimum atomic E-state index is 0.164. The summed E-state index contributed by atoms with van der Waals surface area (Å²) >= 11 is 5.33. The molecule has 98 valence electrons. The van der Waals surface area contributed by atoms with Crippen LogP contribution in [0.5, 0.6) is 0 Å². The van der Waals surface area contributed by atoms with Gasteiger partial charge in [0.05, 0.1) is 9.83 Å². The highest BCUT2D eigenvalue weighted by Crippen LogP contribution is 2.32. The Morgan fingerprint density at radius 2 is 2.12 bits per heavy atom. The number of rotatable bonds is 7. The lowest BCUT2D eigenvalue weighted by molar-refractivity contribution is 0.186. The number of hydrogen-bond donors (Lipinski definition) is 1. The zero-order chi connectivity index (χ0) is 12.8. The third-order valence-corrected chi connectivity index (χ3v) is 4.68. The first kappa shape index (κ1) is 15.2. The fraction of sp³-hybridized carbons (Fsp3) is 0.692. The van der Waals surface area contributed by atoms with E-state index in [1.807, 2.05) is 0 Å². The summed E-state index contributed by atoms with van der Waals surface area (Å²) in [6.45, 7) is 8.74. The van der Waals surface area contributed by atoms with Crippen LogP contribution in [0.15, 0.2) is 15.9 Å². The van der Waals surface area contributed by atoms with Crippen LogP contribution in [-0.4, -0.2) is 24.0 Å². The van der Waals surface area contributed by atoms with Crippen LogP contribution >= 0.6 is 27.3 Å². The maximum absolute atomic E-state index is 6.18. The molecule has 1 aromatic rings. The number of nitrogens with two attached hydrogens (primary N) is 1. The molecule has 0 radical (unpaired) electrons. The summed E-state index contributed by atoms with van der Waals surface area (Å²) < 4.78 is 1.18. The molecule has 1 heterocycles. The van der Waals surface area contributed by atoms with Gasteiger partial charge in [-0.25, -0.2) is 0 Å². The standard InChI is InChI=1S/C13H23BrN2S/c1-4-6-9-16(5-2)13(10(3)15)11-7-8-12(14)17-11/h7-8,10,13H,4-6,9,15H2,1-3H3. The van der Waals surface area contributed by atoms with Crippen LogP contribution in [0.4, 0.5) is 0 Å². The Morgan fingerprint density at radius 1 is 1.41 bits per heavy atom. The predicted molar refractivity (Wildman–Crippen MR) is 80.6 cm³/mol. The van der Waals surface area contributed by atoms with Crippen molar-refractivity contribution in [1.29, 1.82) is 0 Å². The fourth-order valence-electron chi connectivity index (χ4n) is 2.11. The molecule has 0 aliphatic heterocycles. The second-order valence-corrected chi connectivity index (χ2v) is 6.92. The predicted octanol–water partition coefficient (Wildman–Crippen LogP) is 4.02. The lowest BCUT2D eigenvalue weighted by Gasteiger charge is -2.32. The van der Waals surface area contributed by atoms with Crippen LogP contribution in [0, 0.1) is 0 Å². The molecule has 0 aromatic carbocycles. The summed E-state index contributed by atoms with van der Waals surface area (Å²) in [5.74, 6) is 0. The van der Waals surface area contributed by atoms with E-state index in [2.05, 4.69) is 53.7 Å². The van der Waals surface area contributed by atoms with Crippen molar-refractivity contribution in [3.63, 3.8) is 0 Å². The fourth-order valence-corrected chi connectivity index (χ4v) is 3.79. The zero-order valence-corrected chi connectivity index (χ0v) is 13.4. The first-order chi connectivity index (χ1) is 8.10. The van der Waals surface area contributed by atoms with Gasteiger partial charge in [0.25, 0.3) is 0 Å². The normalized spacial score (nSPS) is 15.2. The Bertz CT molecular complexity index is 325. The minimum Gasteiger partial charge on any atom is -0.326 e. The van der Waals surface area contributed by atoms with Gasteiger partial charge in [0.15, 0.2) is 0 Å². The molecule has 0 spiro atoms. The third-order valence-electron chi connectivity index (χ3n) is 2.98. The number of hydrogen-bond acceptors (Lipinski definition) is 3. The van der Waals surface area contributed by atoms with Crippen LogP contribution in [-0.2, 0) is 0 Å². The molecule has 2 unspecified atom stereocenters. The Kier molecular flexibility index (Phi) is 6.70.